The van der Waals surface area contributed by atoms with Gasteiger partial charge in [-0.25, -0.2) is 0 Å². The third kappa shape index (κ3) is 0.689. The number of ether oxygens (including phenoxy) is 1. The highest BCUT2D eigenvalue weighted by Gasteiger charge is 2.45. The Labute approximate surface area is 54.0 Å². The Morgan fingerprint density at radius 1 is 1.78 bits per heavy atom. The monoisotopic (exact) mass is 129 g/mol. The van der Waals surface area contributed by atoms with Crippen molar-refractivity contribution in [3.63, 3.8) is 0 Å². The molecule has 0 saturated carbocycles. The van der Waals surface area contributed by atoms with Gasteiger partial charge in [0, 0.05) is 6.54 Å². The van der Waals surface area contributed by atoms with Crippen LogP contribution in [0.2, 0.25) is 0 Å². The molecule has 2 saturated heterocycles. The smallest absolute Gasteiger partial charge is 0.0719 e. The fourth-order valence-corrected chi connectivity index (χ4v) is 1.58. The molecule has 2 heterocycles. The molecule has 9 heavy (non-hydrogen) atoms. The molecule has 52 valence electrons. The van der Waals surface area contributed by atoms with Gasteiger partial charge in [0.2, 0.25) is 0 Å². The molecule has 2 aliphatic rings. The summed E-state index contributed by atoms with van der Waals surface area (Å²) in [6, 6.07) is 0. The van der Waals surface area contributed by atoms with Crippen molar-refractivity contribution in [3.8, 4) is 0 Å². The van der Waals surface area contributed by atoms with E-state index in [9.17, 15) is 0 Å². The Bertz CT molecular complexity index is 118. The number of nitrogens with one attached hydrogen (secondary N) is 1. The van der Waals surface area contributed by atoms with E-state index < -0.39 is 0 Å². The topological polar surface area (TPSA) is 41.5 Å². The summed E-state index contributed by atoms with van der Waals surface area (Å²) in [5, 5.41) is 12.1. The van der Waals surface area contributed by atoms with Crippen molar-refractivity contribution < 1.29 is 9.84 Å². The van der Waals surface area contributed by atoms with E-state index in [4.69, 9.17) is 9.84 Å². The predicted octanol–water partition coefficient (Wildman–Crippen LogP) is -0.890. The van der Waals surface area contributed by atoms with E-state index in [0.29, 0.717) is 12.7 Å². The Kier molecular flexibility index (Phi) is 1.06. The van der Waals surface area contributed by atoms with Crippen LogP contribution in [0.25, 0.3) is 0 Å². The average molecular weight is 129 g/mol. The van der Waals surface area contributed by atoms with E-state index in [1.54, 1.807) is 0 Å². The minimum atomic E-state index is -0.0648. The van der Waals surface area contributed by atoms with Crippen molar-refractivity contribution in [3.05, 3.63) is 0 Å². The van der Waals surface area contributed by atoms with E-state index in [2.05, 4.69) is 5.32 Å². The lowest BCUT2D eigenvalue weighted by atomic mass is 10.0. The maximum atomic E-state index is 8.90. The molecular weight excluding hydrogens is 118 g/mol. The van der Waals surface area contributed by atoms with E-state index in [1.807, 2.05) is 0 Å². The van der Waals surface area contributed by atoms with Gasteiger partial charge < -0.3 is 15.2 Å². The molecule has 2 rings (SSSR count). The number of hydrogen-bond donors (Lipinski definition) is 2. The highest BCUT2D eigenvalue weighted by Crippen LogP contribution is 2.28. The van der Waals surface area contributed by atoms with Crippen LogP contribution in [0.5, 0.6) is 0 Å². The summed E-state index contributed by atoms with van der Waals surface area (Å²) in [6.45, 7) is 1.82. The molecule has 0 spiro atoms. The van der Waals surface area contributed by atoms with Crippen LogP contribution in [0.3, 0.4) is 0 Å². The summed E-state index contributed by atoms with van der Waals surface area (Å²) in [4.78, 5) is 0. The second-order valence-electron chi connectivity index (χ2n) is 2.96. The fourth-order valence-electron chi connectivity index (χ4n) is 1.58. The van der Waals surface area contributed by atoms with E-state index >= 15 is 0 Å². The number of aliphatic hydroxyl groups excluding tert-OH is 1. The Hall–Kier alpha value is -0.120. The average Bonchev–Trinajstić information content (AvgIpc) is 2.46. The predicted molar refractivity (Wildman–Crippen MR) is 32.2 cm³/mol. The Morgan fingerprint density at radius 2 is 2.67 bits per heavy atom. The molecule has 2 atom stereocenters. The normalized spacial score (nSPS) is 48.3. The van der Waals surface area contributed by atoms with Gasteiger partial charge in [-0.1, -0.05) is 0 Å². The number of fused-ring (bicyclic) bond motifs is 2. The van der Waals surface area contributed by atoms with Crippen LogP contribution in [0.15, 0.2) is 0 Å². The zero-order valence-corrected chi connectivity index (χ0v) is 5.26. The first-order valence-corrected chi connectivity index (χ1v) is 3.32. The van der Waals surface area contributed by atoms with Gasteiger partial charge in [-0.05, 0) is 6.42 Å². The second kappa shape index (κ2) is 1.68. The van der Waals surface area contributed by atoms with Gasteiger partial charge >= 0.3 is 0 Å². The van der Waals surface area contributed by atoms with Crippen molar-refractivity contribution in [2.45, 2.75) is 18.1 Å². The molecule has 0 radical (unpaired) electrons. The lowest BCUT2D eigenvalue weighted by Gasteiger charge is -2.23. The second-order valence-corrected chi connectivity index (χ2v) is 2.96. The SMILES string of the molecule is OCC12COC(CN1)C2. The molecule has 3 nitrogen and oxygen atoms in total. The number of hydrogen-bond acceptors (Lipinski definition) is 3. The molecule has 2 N–H and O–H groups in total. The summed E-state index contributed by atoms with van der Waals surface area (Å²) < 4.78 is 5.32. The first-order chi connectivity index (χ1) is 4.35. The molecule has 0 aromatic rings. The zero-order chi connectivity index (χ0) is 6.32. The van der Waals surface area contributed by atoms with Gasteiger partial charge in [0.05, 0.1) is 24.9 Å². The fraction of sp³-hybridized carbons (Fsp3) is 1.00. The molecule has 0 amide bonds. The lowest BCUT2D eigenvalue weighted by Crippen LogP contribution is -2.47. The third-order valence-electron chi connectivity index (χ3n) is 2.22. The minimum Gasteiger partial charge on any atom is -0.394 e. The first kappa shape index (κ1) is 5.65. The summed E-state index contributed by atoms with van der Waals surface area (Å²) in [5.74, 6) is 0. The molecular formula is C6H11NO2. The molecule has 0 aliphatic carbocycles. The maximum Gasteiger partial charge on any atom is 0.0719 e. The molecule has 2 aliphatic heterocycles. The van der Waals surface area contributed by atoms with Crippen LogP contribution in [0, 0.1) is 0 Å². The van der Waals surface area contributed by atoms with E-state index in [1.165, 1.54) is 0 Å². The van der Waals surface area contributed by atoms with Gasteiger partial charge in [0.1, 0.15) is 0 Å². The minimum absolute atomic E-state index is 0.0648. The van der Waals surface area contributed by atoms with Crippen LogP contribution in [-0.2, 0) is 4.74 Å². The first-order valence-electron chi connectivity index (χ1n) is 3.32. The highest BCUT2D eigenvalue weighted by atomic mass is 16.5. The quantitative estimate of drug-likeness (QED) is 0.482. The van der Waals surface area contributed by atoms with Crippen molar-refractivity contribution in [1.29, 1.82) is 0 Å². The van der Waals surface area contributed by atoms with E-state index in [0.717, 1.165) is 13.0 Å². The Morgan fingerprint density at radius 3 is 2.89 bits per heavy atom. The zero-order valence-electron chi connectivity index (χ0n) is 5.26. The van der Waals surface area contributed by atoms with Crippen LogP contribution in [0.1, 0.15) is 6.42 Å². The van der Waals surface area contributed by atoms with Crippen molar-refractivity contribution in [1.82, 2.24) is 5.32 Å². The molecule has 0 aromatic carbocycles. The van der Waals surface area contributed by atoms with E-state index in [-0.39, 0.29) is 12.1 Å². The number of aliphatic hydroxyl groups is 1. The number of morpholine rings is 1. The summed E-state index contributed by atoms with van der Waals surface area (Å²) in [6.07, 6.45) is 1.36. The Balaban J connectivity index is 2.13. The van der Waals surface area contributed by atoms with Crippen molar-refractivity contribution in [2.75, 3.05) is 19.8 Å². The highest BCUT2D eigenvalue weighted by molar-refractivity contribution is 5.02. The number of rotatable bonds is 1. The van der Waals surface area contributed by atoms with Gasteiger partial charge in [-0.2, -0.15) is 0 Å². The summed E-state index contributed by atoms with van der Waals surface area (Å²) in [5.41, 5.74) is -0.0648. The molecule has 2 fully saturated rings. The lowest BCUT2D eigenvalue weighted by molar-refractivity contribution is 0.0523. The molecule has 2 bridgehead atoms. The van der Waals surface area contributed by atoms with Gasteiger partial charge in [-0.15, -0.1) is 0 Å². The summed E-state index contributed by atoms with van der Waals surface area (Å²) >= 11 is 0. The van der Waals surface area contributed by atoms with Crippen LogP contribution < -0.4 is 5.32 Å². The van der Waals surface area contributed by atoms with Crippen LogP contribution >= 0.6 is 0 Å². The third-order valence-corrected chi connectivity index (χ3v) is 2.22. The van der Waals surface area contributed by atoms with Crippen molar-refractivity contribution in [2.24, 2.45) is 0 Å². The maximum absolute atomic E-state index is 8.90. The van der Waals surface area contributed by atoms with Crippen LogP contribution in [-0.4, -0.2) is 36.5 Å². The van der Waals surface area contributed by atoms with Crippen molar-refractivity contribution >= 4 is 0 Å². The molecule has 0 aromatic heterocycles. The largest absolute Gasteiger partial charge is 0.394 e. The molecule has 2 unspecified atom stereocenters. The van der Waals surface area contributed by atoms with Gasteiger partial charge in [0.15, 0.2) is 0 Å². The molecule has 3 heteroatoms. The van der Waals surface area contributed by atoms with Gasteiger partial charge in [0.25, 0.3) is 0 Å². The van der Waals surface area contributed by atoms with Gasteiger partial charge in [-0.3, -0.25) is 0 Å². The van der Waals surface area contributed by atoms with Crippen LogP contribution in [0.4, 0.5) is 0 Å². The summed E-state index contributed by atoms with van der Waals surface area (Å²) in [7, 11) is 0. The standard InChI is InChI=1S/C6H11NO2/c8-3-6-1-5(2-7-6)9-4-6/h5,7-8H,1-4H2.